The van der Waals surface area contributed by atoms with Crippen LogP contribution in [0, 0.1) is 5.82 Å². The predicted molar refractivity (Wildman–Crippen MR) is 72.7 cm³/mol. The zero-order valence-corrected chi connectivity index (χ0v) is 12.1. The van der Waals surface area contributed by atoms with Gasteiger partial charge in [0.25, 0.3) is 0 Å². The first-order valence-corrected chi connectivity index (χ1v) is 6.28. The van der Waals surface area contributed by atoms with Crippen molar-refractivity contribution in [1.82, 2.24) is 5.32 Å². The maximum absolute atomic E-state index is 13.3. The van der Waals surface area contributed by atoms with Gasteiger partial charge in [-0.25, -0.2) is 14.0 Å². The maximum atomic E-state index is 13.3. The molecule has 116 valence electrons. The number of halogens is 1. The average Bonchev–Trinajstić information content (AvgIpc) is 2.33. The van der Waals surface area contributed by atoms with Gasteiger partial charge in [-0.3, -0.25) is 0 Å². The summed E-state index contributed by atoms with van der Waals surface area (Å²) >= 11 is 0. The second-order valence-electron chi connectivity index (χ2n) is 5.28. The van der Waals surface area contributed by atoms with Gasteiger partial charge in [-0.15, -0.1) is 0 Å². The van der Waals surface area contributed by atoms with Gasteiger partial charge in [-0.05, 0) is 32.9 Å². The number of carbonyl (C=O) groups is 2. The van der Waals surface area contributed by atoms with Crippen LogP contribution in [0.1, 0.15) is 20.8 Å². The number of benzene rings is 1. The Bertz CT molecular complexity index is 512. The van der Waals surface area contributed by atoms with Crippen molar-refractivity contribution in [2.45, 2.75) is 32.4 Å². The Hall–Kier alpha value is -2.31. The van der Waals surface area contributed by atoms with E-state index in [1.165, 1.54) is 18.2 Å². The van der Waals surface area contributed by atoms with Gasteiger partial charge < -0.3 is 19.9 Å². The molecule has 21 heavy (non-hydrogen) atoms. The first-order chi connectivity index (χ1) is 9.69. The van der Waals surface area contributed by atoms with E-state index in [9.17, 15) is 14.0 Å². The Morgan fingerprint density at radius 3 is 2.48 bits per heavy atom. The minimum atomic E-state index is -1.35. The van der Waals surface area contributed by atoms with Crippen LogP contribution in [-0.4, -0.2) is 35.4 Å². The average molecular weight is 299 g/mol. The molecule has 0 aromatic heterocycles. The molecule has 0 heterocycles. The molecule has 0 aliphatic carbocycles. The molecule has 0 aliphatic rings. The van der Waals surface area contributed by atoms with E-state index in [4.69, 9.17) is 14.6 Å². The van der Waals surface area contributed by atoms with Crippen LogP contribution in [0.25, 0.3) is 0 Å². The molecule has 0 saturated heterocycles. The lowest BCUT2D eigenvalue weighted by Gasteiger charge is -2.22. The van der Waals surface area contributed by atoms with Gasteiger partial charge in [0, 0.05) is 0 Å². The van der Waals surface area contributed by atoms with Crippen molar-refractivity contribution >= 4 is 12.1 Å². The van der Waals surface area contributed by atoms with E-state index >= 15 is 0 Å². The minimum absolute atomic E-state index is 0.0882. The van der Waals surface area contributed by atoms with Crippen LogP contribution < -0.4 is 10.1 Å². The molecule has 1 aromatic rings. The summed E-state index contributed by atoms with van der Waals surface area (Å²) in [5.74, 6) is -2.01. The number of amides is 1. The molecule has 2 N–H and O–H groups in total. The van der Waals surface area contributed by atoms with Crippen LogP contribution in [0.4, 0.5) is 9.18 Å². The van der Waals surface area contributed by atoms with E-state index in [0.717, 1.165) is 0 Å². The summed E-state index contributed by atoms with van der Waals surface area (Å²) < 4.78 is 23.4. The molecule has 1 rings (SSSR count). The number of nitrogens with one attached hydrogen (secondary N) is 1. The summed E-state index contributed by atoms with van der Waals surface area (Å²) in [7, 11) is 0. The van der Waals surface area contributed by atoms with E-state index in [0.29, 0.717) is 0 Å². The van der Waals surface area contributed by atoms with Crippen LogP contribution in [-0.2, 0) is 9.53 Å². The van der Waals surface area contributed by atoms with Crippen LogP contribution in [0.3, 0.4) is 0 Å². The van der Waals surface area contributed by atoms with Crippen LogP contribution >= 0.6 is 0 Å². The number of carboxylic acid groups (broad SMARTS) is 1. The van der Waals surface area contributed by atoms with Gasteiger partial charge in [0.1, 0.15) is 12.2 Å². The number of ether oxygens (including phenoxy) is 2. The molecule has 1 amide bonds. The van der Waals surface area contributed by atoms with Crippen LogP contribution in [0.15, 0.2) is 24.3 Å². The van der Waals surface area contributed by atoms with Crippen molar-refractivity contribution in [1.29, 1.82) is 0 Å². The van der Waals surface area contributed by atoms with E-state index in [2.05, 4.69) is 5.32 Å². The number of alkyl carbamates (subject to hydrolysis) is 1. The quantitative estimate of drug-likeness (QED) is 0.870. The van der Waals surface area contributed by atoms with E-state index in [1.54, 1.807) is 26.8 Å². The molecule has 0 aliphatic heterocycles. The molecule has 0 fully saturated rings. The zero-order valence-electron chi connectivity index (χ0n) is 12.1. The Morgan fingerprint density at radius 2 is 1.95 bits per heavy atom. The molecule has 0 radical (unpaired) electrons. The van der Waals surface area contributed by atoms with Gasteiger partial charge in [-0.1, -0.05) is 12.1 Å². The number of rotatable bonds is 5. The highest BCUT2D eigenvalue weighted by molar-refractivity contribution is 5.80. The molecule has 7 heteroatoms. The lowest BCUT2D eigenvalue weighted by molar-refractivity contribution is -0.140. The third kappa shape index (κ3) is 6.11. The molecular formula is C14H18FNO5. The normalized spacial score (nSPS) is 12.4. The van der Waals surface area contributed by atoms with Gasteiger partial charge >= 0.3 is 12.1 Å². The first kappa shape index (κ1) is 16.7. The molecule has 1 atom stereocenters. The number of carboxylic acids is 1. The van der Waals surface area contributed by atoms with E-state index in [-0.39, 0.29) is 5.75 Å². The van der Waals surface area contributed by atoms with Crippen molar-refractivity contribution in [3.05, 3.63) is 30.1 Å². The Labute approximate surface area is 121 Å². The van der Waals surface area contributed by atoms with Crippen molar-refractivity contribution in [2.75, 3.05) is 6.61 Å². The highest BCUT2D eigenvalue weighted by Crippen LogP contribution is 2.15. The number of carbonyl (C=O) groups excluding carboxylic acids is 1. The topological polar surface area (TPSA) is 84.9 Å². The highest BCUT2D eigenvalue weighted by Gasteiger charge is 2.24. The van der Waals surface area contributed by atoms with Crippen molar-refractivity contribution in [3.8, 4) is 5.75 Å². The summed E-state index contributed by atoms with van der Waals surface area (Å²) in [4.78, 5) is 22.6. The van der Waals surface area contributed by atoms with Gasteiger partial charge in [-0.2, -0.15) is 0 Å². The monoisotopic (exact) mass is 299 g/mol. The smallest absolute Gasteiger partial charge is 0.408 e. The molecule has 0 unspecified atom stereocenters. The number of aliphatic carboxylic acids is 1. The van der Waals surface area contributed by atoms with E-state index in [1.807, 2.05) is 0 Å². The Morgan fingerprint density at radius 1 is 1.33 bits per heavy atom. The summed E-state index contributed by atoms with van der Waals surface area (Å²) in [6.07, 6.45) is -0.882. The van der Waals surface area contributed by atoms with Gasteiger partial charge in [0.15, 0.2) is 17.6 Å². The predicted octanol–water partition coefficient (Wildman–Crippen LogP) is 2.18. The molecule has 1 aromatic carbocycles. The van der Waals surface area contributed by atoms with Crippen molar-refractivity contribution in [3.63, 3.8) is 0 Å². The number of para-hydroxylation sites is 1. The Kier molecular flexibility index (Phi) is 5.52. The van der Waals surface area contributed by atoms with Gasteiger partial charge in [0.05, 0.1) is 0 Å². The summed E-state index contributed by atoms with van der Waals surface area (Å²) in [5, 5.41) is 11.2. The highest BCUT2D eigenvalue weighted by atomic mass is 19.1. The van der Waals surface area contributed by atoms with Crippen molar-refractivity contribution in [2.24, 2.45) is 0 Å². The fourth-order valence-corrected chi connectivity index (χ4v) is 1.36. The van der Waals surface area contributed by atoms with Crippen LogP contribution in [0.2, 0.25) is 0 Å². The molecular weight excluding hydrogens is 281 g/mol. The summed E-state index contributed by atoms with van der Waals surface area (Å²) in [6, 6.07) is 4.24. The fourth-order valence-electron chi connectivity index (χ4n) is 1.36. The fraction of sp³-hybridized carbons (Fsp3) is 0.429. The molecule has 6 nitrogen and oxygen atoms in total. The third-order valence-corrected chi connectivity index (χ3v) is 2.23. The lowest BCUT2D eigenvalue weighted by atomic mass is 10.2. The maximum Gasteiger partial charge on any atom is 0.408 e. The number of hydrogen-bond acceptors (Lipinski definition) is 4. The van der Waals surface area contributed by atoms with Gasteiger partial charge in [0.2, 0.25) is 0 Å². The van der Waals surface area contributed by atoms with Crippen LogP contribution in [0.5, 0.6) is 5.75 Å². The molecule has 0 bridgehead atoms. The molecule has 0 spiro atoms. The SMILES string of the molecule is CC(C)(C)OC(=O)N[C@H](COc1ccccc1F)C(=O)O. The molecule has 0 saturated carbocycles. The largest absolute Gasteiger partial charge is 0.488 e. The van der Waals surface area contributed by atoms with Crippen molar-refractivity contribution < 1.29 is 28.6 Å². The zero-order chi connectivity index (χ0) is 16.0. The Balaban J connectivity index is 2.61. The summed E-state index contributed by atoms with van der Waals surface area (Å²) in [5.41, 5.74) is -0.750. The second kappa shape index (κ2) is 6.92. The summed E-state index contributed by atoms with van der Waals surface area (Å²) in [6.45, 7) is 4.53. The third-order valence-electron chi connectivity index (χ3n) is 2.23. The lowest BCUT2D eigenvalue weighted by Crippen LogP contribution is -2.46. The second-order valence-corrected chi connectivity index (χ2v) is 5.28. The minimum Gasteiger partial charge on any atom is -0.488 e. The standard InChI is InChI=1S/C14H18FNO5/c1-14(2,3)21-13(19)16-10(12(17)18)8-20-11-7-5-4-6-9(11)15/h4-7,10H,8H2,1-3H3,(H,16,19)(H,17,18)/t10-/m1/s1. The first-order valence-electron chi connectivity index (χ1n) is 6.28. The number of hydrogen-bond donors (Lipinski definition) is 2. The van der Waals surface area contributed by atoms with E-state index < -0.39 is 36.1 Å².